The zero-order chi connectivity index (χ0) is 14.6. The second kappa shape index (κ2) is 6.34. The fourth-order valence-electron chi connectivity index (χ4n) is 1.45. The van der Waals surface area contributed by atoms with E-state index in [0.717, 1.165) is 5.56 Å². The first-order valence-electron chi connectivity index (χ1n) is 5.54. The molecule has 0 saturated carbocycles. The zero-order valence-corrected chi connectivity index (χ0v) is 12.5. The number of anilines is 1. The van der Waals surface area contributed by atoms with Crippen molar-refractivity contribution in [3.63, 3.8) is 0 Å². The molecular weight excluding hydrogens is 323 g/mol. The average molecular weight is 333 g/mol. The molecule has 0 fully saturated rings. The highest BCUT2D eigenvalue weighted by molar-refractivity contribution is 7.92. The molecule has 0 aliphatic rings. The zero-order valence-electron chi connectivity index (χ0n) is 10.1. The predicted molar refractivity (Wildman–Crippen MR) is 77.4 cm³/mol. The van der Waals surface area contributed by atoms with Crippen molar-refractivity contribution in [3.05, 3.63) is 46.6 Å². The van der Waals surface area contributed by atoms with E-state index in [4.69, 9.17) is 23.2 Å². The molecule has 0 amide bonds. The third kappa shape index (κ3) is 4.59. The lowest BCUT2D eigenvalue weighted by Crippen LogP contribution is -2.19. The summed E-state index contributed by atoms with van der Waals surface area (Å²) >= 11 is 11.3. The molecule has 0 radical (unpaired) electrons. The molecule has 0 aliphatic carbocycles. The Morgan fingerprint density at radius 3 is 2.50 bits per heavy atom. The van der Waals surface area contributed by atoms with E-state index in [-0.39, 0.29) is 22.0 Å². The summed E-state index contributed by atoms with van der Waals surface area (Å²) in [5, 5.41) is -0.0545. The Kier molecular flexibility index (Phi) is 4.74. The van der Waals surface area contributed by atoms with Gasteiger partial charge in [-0.15, -0.1) is 0 Å². The Morgan fingerprint density at radius 2 is 1.85 bits per heavy atom. The van der Waals surface area contributed by atoms with Crippen LogP contribution in [0.4, 0.5) is 5.82 Å². The predicted octanol–water partition coefficient (Wildman–Crippen LogP) is 2.16. The maximum absolute atomic E-state index is 11.9. The number of hydrogen-bond acceptors (Lipinski definition) is 5. The van der Waals surface area contributed by atoms with Crippen LogP contribution in [-0.2, 0) is 16.4 Å². The molecule has 1 N–H and O–H groups in total. The van der Waals surface area contributed by atoms with Crippen LogP contribution in [0.3, 0.4) is 0 Å². The summed E-state index contributed by atoms with van der Waals surface area (Å²) < 4.78 is 26.2. The molecule has 0 aliphatic heterocycles. The second-order valence-electron chi connectivity index (χ2n) is 3.87. The standard InChI is InChI=1S/C11H10Cl2N4O2S/c12-9-7-10(16-11(13)15-9)17-20(18,19)6-3-8-1-4-14-5-2-8/h1-2,4-5,7H,3,6H2,(H,15,16,17). The van der Waals surface area contributed by atoms with Crippen LogP contribution in [0.5, 0.6) is 0 Å². The maximum Gasteiger partial charge on any atom is 0.234 e. The Hall–Kier alpha value is -1.44. The van der Waals surface area contributed by atoms with Crippen LogP contribution in [0.15, 0.2) is 30.6 Å². The van der Waals surface area contributed by atoms with Gasteiger partial charge in [-0.1, -0.05) is 11.6 Å². The molecular formula is C11H10Cl2N4O2S. The molecule has 2 aromatic heterocycles. The second-order valence-corrected chi connectivity index (χ2v) is 6.44. The van der Waals surface area contributed by atoms with Crippen molar-refractivity contribution in [2.45, 2.75) is 6.42 Å². The molecule has 2 aromatic rings. The van der Waals surface area contributed by atoms with E-state index >= 15 is 0 Å². The van der Waals surface area contributed by atoms with Crippen LogP contribution in [0, 0.1) is 0 Å². The molecule has 106 valence electrons. The molecule has 0 spiro atoms. The van der Waals surface area contributed by atoms with Gasteiger partial charge >= 0.3 is 0 Å². The van der Waals surface area contributed by atoms with Crippen molar-refractivity contribution in [2.75, 3.05) is 10.5 Å². The monoisotopic (exact) mass is 332 g/mol. The summed E-state index contributed by atoms with van der Waals surface area (Å²) in [5.41, 5.74) is 0.879. The Balaban J connectivity index is 2.04. The largest absolute Gasteiger partial charge is 0.267 e. The number of halogens is 2. The third-order valence-electron chi connectivity index (χ3n) is 2.34. The molecule has 0 aromatic carbocycles. The normalized spacial score (nSPS) is 11.3. The summed E-state index contributed by atoms with van der Waals surface area (Å²) in [6, 6.07) is 4.80. The van der Waals surface area contributed by atoms with Gasteiger partial charge < -0.3 is 0 Å². The first-order chi connectivity index (χ1) is 9.44. The molecule has 2 rings (SSSR count). The van der Waals surface area contributed by atoms with Crippen molar-refractivity contribution in [1.82, 2.24) is 15.0 Å². The van der Waals surface area contributed by atoms with Crippen LogP contribution < -0.4 is 4.72 Å². The van der Waals surface area contributed by atoms with Crippen molar-refractivity contribution in [2.24, 2.45) is 0 Å². The fraction of sp³-hybridized carbons (Fsp3) is 0.182. The van der Waals surface area contributed by atoms with Crippen molar-refractivity contribution in [3.8, 4) is 0 Å². The highest BCUT2D eigenvalue weighted by Crippen LogP contribution is 2.15. The summed E-state index contributed by atoms with van der Waals surface area (Å²) in [6.07, 6.45) is 3.59. The van der Waals surface area contributed by atoms with Gasteiger partial charge in [-0.05, 0) is 35.7 Å². The number of hydrogen-bond donors (Lipinski definition) is 1. The summed E-state index contributed by atoms with van der Waals surface area (Å²) in [7, 11) is -3.54. The SMILES string of the molecule is O=S(=O)(CCc1ccncc1)Nc1cc(Cl)nc(Cl)n1. The summed E-state index contributed by atoms with van der Waals surface area (Å²) in [5.74, 6) is -0.0410. The Morgan fingerprint density at radius 1 is 1.15 bits per heavy atom. The number of aryl methyl sites for hydroxylation is 1. The highest BCUT2D eigenvalue weighted by Gasteiger charge is 2.13. The van der Waals surface area contributed by atoms with Gasteiger partial charge in [0.2, 0.25) is 15.3 Å². The molecule has 0 unspecified atom stereocenters. The topological polar surface area (TPSA) is 84.8 Å². The minimum Gasteiger partial charge on any atom is -0.267 e. The van der Waals surface area contributed by atoms with E-state index in [1.165, 1.54) is 6.07 Å². The maximum atomic E-state index is 11.9. The number of sulfonamides is 1. The van der Waals surface area contributed by atoms with Crippen LogP contribution in [0.2, 0.25) is 10.4 Å². The van der Waals surface area contributed by atoms with Crippen molar-refractivity contribution >= 4 is 39.0 Å². The van der Waals surface area contributed by atoms with E-state index in [2.05, 4.69) is 19.7 Å². The molecule has 6 nitrogen and oxygen atoms in total. The minimum atomic E-state index is -3.54. The fourth-order valence-corrected chi connectivity index (χ4v) is 2.89. The molecule has 0 saturated heterocycles. The van der Waals surface area contributed by atoms with Crippen LogP contribution in [-0.4, -0.2) is 29.1 Å². The number of aromatic nitrogens is 3. The molecule has 0 atom stereocenters. The summed E-state index contributed by atoms with van der Waals surface area (Å²) in [6.45, 7) is 0. The van der Waals surface area contributed by atoms with Gasteiger partial charge in [0.15, 0.2) is 0 Å². The van der Waals surface area contributed by atoms with E-state index in [1.54, 1.807) is 24.5 Å². The van der Waals surface area contributed by atoms with Gasteiger partial charge in [0.1, 0.15) is 11.0 Å². The summed E-state index contributed by atoms with van der Waals surface area (Å²) in [4.78, 5) is 11.2. The molecule has 9 heteroatoms. The third-order valence-corrected chi connectivity index (χ3v) is 3.96. The lowest BCUT2D eigenvalue weighted by Gasteiger charge is -2.07. The number of nitrogens with zero attached hydrogens (tertiary/aromatic N) is 3. The van der Waals surface area contributed by atoms with E-state index < -0.39 is 10.0 Å². The minimum absolute atomic E-state index is 0.0460. The number of nitrogens with one attached hydrogen (secondary N) is 1. The highest BCUT2D eigenvalue weighted by atomic mass is 35.5. The van der Waals surface area contributed by atoms with E-state index in [9.17, 15) is 8.42 Å². The number of pyridine rings is 1. The smallest absolute Gasteiger partial charge is 0.234 e. The van der Waals surface area contributed by atoms with E-state index in [1.807, 2.05) is 0 Å². The Labute approximate surface area is 126 Å². The van der Waals surface area contributed by atoms with Crippen molar-refractivity contribution < 1.29 is 8.42 Å². The lowest BCUT2D eigenvalue weighted by atomic mass is 10.2. The van der Waals surface area contributed by atoms with Crippen LogP contribution in [0.25, 0.3) is 0 Å². The van der Waals surface area contributed by atoms with Gasteiger partial charge in [0.25, 0.3) is 0 Å². The van der Waals surface area contributed by atoms with E-state index in [0.29, 0.717) is 6.42 Å². The van der Waals surface area contributed by atoms with Gasteiger partial charge in [0, 0.05) is 18.5 Å². The lowest BCUT2D eigenvalue weighted by molar-refractivity contribution is 0.600. The van der Waals surface area contributed by atoms with Gasteiger partial charge in [0.05, 0.1) is 5.75 Å². The molecule has 2 heterocycles. The van der Waals surface area contributed by atoms with Crippen LogP contribution >= 0.6 is 23.2 Å². The van der Waals surface area contributed by atoms with Gasteiger partial charge in [-0.2, -0.15) is 4.98 Å². The van der Waals surface area contributed by atoms with Gasteiger partial charge in [-0.25, -0.2) is 13.4 Å². The quantitative estimate of drug-likeness (QED) is 0.669. The Bertz CT molecular complexity index is 675. The first-order valence-corrected chi connectivity index (χ1v) is 7.95. The van der Waals surface area contributed by atoms with Crippen LogP contribution in [0.1, 0.15) is 5.56 Å². The van der Waals surface area contributed by atoms with Crippen molar-refractivity contribution in [1.29, 1.82) is 0 Å². The molecule has 0 bridgehead atoms. The molecule has 20 heavy (non-hydrogen) atoms. The average Bonchev–Trinajstić information content (AvgIpc) is 2.36. The van der Waals surface area contributed by atoms with Gasteiger partial charge in [-0.3, -0.25) is 9.71 Å². The number of rotatable bonds is 5. The first kappa shape index (κ1) is 15.0.